The summed E-state index contributed by atoms with van der Waals surface area (Å²) < 4.78 is 1.76. The number of hydrogen-bond donors (Lipinski definition) is 0. The lowest BCUT2D eigenvalue weighted by atomic mass is 10.1. The Labute approximate surface area is 147 Å². The van der Waals surface area contributed by atoms with Crippen LogP contribution >= 0.6 is 11.8 Å². The SMILES string of the molecule is CCc1ccc(CN(C)C(=O)CSc2nnnn2CC(C)C)cc1. The van der Waals surface area contributed by atoms with Gasteiger partial charge in [-0.05, 0) is 33.9 Å². The molecule has 0 radical (unpaired) electrons. The Kier molecular flexibility index (Phi) is 6.78. The first kappa shape index (κ1) is 18.4. The Morgan fingerprint density at radius 2 is 1.92 bits per heavy atom. The van der Waals surface area contributed by atoms with Crippen molar-refractivity contribution in [3.8, 4) is 0 Å². The summed E-state index contributed by atoms with van der Waals surface area (Å²) in [5.74, 6) is 0.859. The molecular formula is C17H25N5OS. The second-order valence-electron chi connectivity index (χ2n) is 6.25. The lowest BCUT2D eigenvalue weighted by molar-refractivity contribution is -0.127. The van der Waals surface area contributed by atoms with E-state index < -0.39 is 0 Å². The van der Waals surface area contributed by atoms with Crippen LogP contribution in [0.2, 0.25) is 0 Å². The van der Waals surface area contributed by atoms with Gasteiger partial charge in [0.05, 0.1) is 5.75 Å². The molecule has 0 aliphatic carbocycles. The van der Waals surface area contributed by atoms with Crippen molar-refractivity contribution in [2.24, 2.45) is 5.92 Å². The van der Waals surface area contributed by atoms with Crippen molar-refractivity contribution in [1.82, 2.24) is 25.1 Å². The fourth-order valence-electron chi connectivity index (χ4n) is 2.24. The molecule has 0 saturated heterocycles. The maximum atomic E-state index is 12.3. The number of aryl methyl sites for hydroxylation is 1. The molecule has 7 heteroatoms. The summed E-state index contributed by atoms with van der Waals surface area (Å²) in [5.41, 5.74) is 2.44. The first-order valence-corrected chi connectivity index (χ1v) is 9.19. The van der Waals surface area contributed by atoms with Crippen molar-refractivity contribution in [3.05, 3.63) is 35.4 Å². The molecule has 1 aromatic heterocycles. The monoisotopic (exact) mass is 347 g/mol. The van der Waals surface area contributed by atoms with Gasteiger partial charge in [0, 0.05) is 20.1 Å². The topological polar surface area (TPSA) is 63.9 Å². The highest BCUT2D eigenvalue weighted by molar-refractivity contribution is 7.99. The van der Waals surface area contributed by atoms with E-state index in [1.165, 1.54) is 17.3 Å². The molecule has 130 valence electrons. The average Bonchev–Trinajstić information content (AvgIpc) is 2.99. The Balaban J connectivity index is 1.86. The number of benzene rings is 1. The van der Waals surface area contributed by atoms with Gasteiger partial charge in [-0.1, -0.05) is 56.8 Å². The number of hydrogen-bond acceptors (Lipinski definition) is 5. The van der Waals surface area contributed by atoms with E-state index in [1.807, 2.05) is 7.05 Å². The number of amides is 1. The summed E-state index contributed by atoms with van der Waals surface area (Å²) in [6.45, 7) is 7.72. The molecule has 0 aliphatic rings. The van der Waals surface area contributed by atoms with Gasteiger partial charge in [0.15, 0.2) is 0 Å². The van der Waals surface area contributed by atoms with Crippen LogP contribution in [0, 0.1) is 5.92 Å². The van der Waals surface area contributed by atoms with Crippen molar-refractivity contribution < 1.29 is 4.79 Å². The number of tetrazole rings is 1. The van der Waals surface area contributed by atoms with Gasteiger partial charge in [0.25, 0.3) is 0 Å². The quantitative estimate of drug-likeness (QED) is 0.687. The highest BCUT2D eigenvalue weighted by Crippen LogP contribution is 2.16. The van der Waals surface area contributed by atoms with E-state index in [1.54, 1.807) is 9.58 Å². The van der Waals surface area contributed by atoms with Crippen LogP contribution in [0.4, 0.5) is 0 Å². The van der Waals surface area contributed by atoms with Crippen molar-refractivity contribution in [2.45, 2.75) is 45.4 Å². The maximum Gasteiger partial charge on any atom is 0.233 e. The van der Waals surface area contributed by atoms with Crippen molar-refractivity contribution in [3.63, 3.8) is 0 Å². The molecule has 0 N–H and O–H groups in total. The lowest BCUT2D eigenvalue weighted by Crippen LogP contribution is -2.28. The summed E-state index contributed by atoms with van der Waals surface area (Å²) >= 11 is 1.38. The van der Waals surface area contributed by atoms with E-state index in [9.17, 15) is 4.79 Å². The summed E-state index contributed by atoms with van der Waals surface area (Å²) in [6, 6.07) is 8.39. The Morgan fingerprint density at radius 3 is 2.54 bits per heavy atom. The van der Waals surface area contributed by atoms with Crippen LogP contribution in [0.15, 0.2) is 29.4 Å². The fourth-order valence-corrected chi connectivity index (χ4v) is 3.07. The van der Waals surface area contributed by atoms with Gasteiger partial charge in [-0.15, -0.1) is 5.10 Å². The zero-order chi connectivity index (χ0) is 17.5. The van der Waals surface area contributed by atoms with Gasteiger partial charge in [-0.25, -0.2) is 4.68 Å². The fraction of sp³-hybridized carbons (Fsp3) is 0.529. The lowest BCUT2D eigenvalue weighted by Gasteiger charge is -2.17. The van der Waals surface area contributed by atoms with E-state index in [0.29, 0.717) is 23.4 Å². The number of nitrogens with zero attached hydrogens (tertiary/aromatic N) is 5. The van der Waals surface area contributed by atoms with E-state index in [-0.39, 0.29) is 5.91 Å². The van der Waals surface area contributed by atoms with Crippen LogP contribution in [0.25, 0.3) is 0 Å². The Morgan fingerprint density at radius 1 is 1.25 bits per heavy atom. The predicted octanol–water partition coefficient (Wildman–Crippen LogP) is 2.64. The molecule has 1 heterocycles. The first-order chi connectivity index (χ1) is 11.5. The molecular weight excluding hydrogens is 322 g/mol. The molecule has 0 atom stereocenters. The van der Waals surface area contributed by atoms with Crippen LogP contribution in [-0.4, -0.2) is 43.8 Å². The number of aromatic nitrogens is 4. The van der Waals surface area contributed by atoms with Crippen LogP contribution in [0.1, 0.15) is 31.9 Å². The summed E-state index contributed by atoms with van der Waals surface area (Å²) in [4.78, 5) is 14.1. The van der Waals surface area contributed by atoms with Crippen LogP contribution < -0.4 is 0 Å². The molecule has 1 aromatic carbocycles. The average molecular weight is 347 g/mol. The molecule has 0 fully saturated rings. The van der Waals surface area contributed by atoms with E-state index in [4.69, 9.17) is 0 Å². The molecule has 0 aliphatic heterocycles. The van der Waals surface area contributed by atoms with Crippen LogP contribution in [0.3, 0.4) is 0 Å². The molecule has 0 unspecified atom stereocenters. The second kappa shape index (κ2) is 8.82. The van der Waals surface area contributed by atoms with Gasteiger partial charge in [-0.2, -0.15) is 0 Å². The summed E-state index contributed by atoms with van der Waals surface area (Å²) in [5, 5.41) is 12.4. The number of carbonyl (C=O) groups excluding carboxylic acids is 1. The second-order valence-corrected chi connectivity index (χ2v) is 7.19. The maximum absolute atomic E-state index is 12.3. The molecule has 1 amide bonds. The minimum atomic E-state index is 0.0682. The molecule has 24 heavy (non-hydrogen) atoms. The standard InChI is InChI=1S/C17H25N5OS/c1-5-14-6-8-15(9-7-14)11-21(4)16(23)12-24-17-18-19-20-22(17)10-13(2)3/h6-9,13H,5,10-12H2,1-4H3. The number of carbonyl (C=O) groups is 1. The molecule has 2 aromatic rings. The first-order valence-electron chi connectivity index (χ1n) is 8.20. The Bertz CT molecular complexity index is 653. The normalized spacial score (nSPS) is 11.0. The third-order valence-electron chi connectivity index (χ3n) is 3.64. The van der Waals surface area contributed by atoms with Crippen molar-refractivity contribution in [1.29, 1.82) is 0 Å². The highest BCUT2D eigenvalue weighted by Gasteiger charge is 2.14. The van der Waals surface area contributed by atoms with Gasteiger partial charge < -0.3 is 4.90 Å². The molecule has 0 spiro atoms. The van der Waals surface area contributed by atoms with E-state index in [2.05, 4.69) is 60.6 Å². The van der Waals surface area contributed by atoms with E-state index >= 15 is 0 Å². The van der Waals surface area contributed by atoms with Gasteiger partial charge >= 0.3 is 0 Å². The van der Waals surface area contributed by atoms with Crippen LogP contribution in [-0.2, 0) is 24.3 Å². The predicted molar refractivity (Wildman–Crippen MR) is 95.7 cm³/mol. The Hall–Kier alpha value is -1.89. The number of thioether (sulfide) groups is 1. The zero-order valence-corrected chi connectivity index (χ0v) is 15.6. The molecule has 0 saturated carbocycles. The summed E-state index contributed by atoms with van der Waals surface area (Å²) in [7, 11) is 1.83. The van der Waals surface area contributed by atoms with Crippen molar-refractivity contribution in [2.75, 3.05) is 12.8 Å². The third-order valence-corrected chi connectivity index (χ3v) is 4.58. The molecule has 2 rings (SSSR count). The minimum Gasteiger partial charge on any atom is -0.341 e. The minimum absolute atomic E-state index is 0.0682. The summed E-state index contributed by atoms with van der Waals surface area (Å²) in [6.07, 6.45) is 1.02. The van der Waals surface area contributed by atoms with Gasteiger partial charge in [-0.3, -0.25) is 4.79 Å². The van der Waals surface area contributed by atoms with Crippen LogP contribution in [0.5, 0.6) is 0 Å². The molecule has 0 bridgehead atoms. The van der Waals surface area contributed by atoms with Crippen molar-refractivity contribution >= 4 is 17.7 Å². The zero-order valence-electron chi connectivity index (χ0n) is 14.8. The smallest absolute Gasteiger partial charge is 0.233 e. The van der Waals surface area contributed by atoms with Gasteiger partial charge in [0.1, 0.15) is 0 Å². The van der Waals surface area contributed by atoms with E-state index in [0.717, 1.165) is 18.5 Å². The highest BCUT2D eigenvalue weighted by atomic mass is 32.2. The molecule has 6 nitrogen and oxygen atoms in total. The van der Waals surface area contributed by atoms with Gasteiger partial charge in [0.2, 0.25) is 11.1 Å². The largest absolute Gasteiger partial charge is 0.341 e. The third kappa shape index (κ3) is 5.33. The number of rotatable bonds is 8.